The molecule has 0 fully saturated rings. The molecule has 18 heavy (non-hydrogen) atoms. The van der Waals surface area contributed by atoms with Crippen LogP contribution >= 0.6 is 0 Å². The van der Waals surface area contributed by atoms with Crippen molar-refractivity contribution in [2.24, 2.45) is 0 Å². The molecule has 90 valence electrons. The lowest BCUT2D eigenvalue weighted by molar-refractivity contribution is 0.306. The van der Waals surface area contributed by atoms with Crippen molar-refractivity contribution in [3.63, 3.8) is 0 Å². The zero-order valence-electron chi connectivity index (χ0n) is 9.41. The van der Waals surface area contributed by atoms with Gasteiger partial charge in [0.25, 0.3) is 0 Å². The minimum absolute atomic E-state index is 0.249. The van der Waals surface area contributed by atoms with Gasteiger partial charge >= 0.3 is 0 Å². The molecular weight excluding hydrogens is 230 g/mol. The molecule has 6 heteroatoms. The highest BCUT2D eigenvalue weighted by molar-refractivity contribution is 5.92. The first-order valence-electron chi connectivity index (χ1n) is 5.06. The van der Waals surface area contributed by atoms with Crippen molar-refractivity contribution >= 4 is 17.3 Å². The number of nitrogens with zero attached hydrogens (tertiary/aromatic N) is 3. The average molecular weight is 241 g/mol. The van der Waals surface area contributed by atoms with Gasteiger partial charge in [-0.25, -0.2) is 4.68 Å². The number of hydroxylamine groups is 1. The monoisotopic (exact) mass is 241 g/mol. The van der Waals surface area contributed by atoms with Crippen LogP contribution in [0.3, 0.4) is 0 Å². The molecule has 0 spiro atoms. The second-order valence-corrected chi connectivity index (χ2v) is 3.55. The van der Waals surface area contributed by atoms with Crippen LogP contribution in [0, 0.1) is 17.8 Å². The topological polar surface area (TPSA) is 91.2 Å². The minimum atomic E-state index is -0.249. The fourth-order valence-corrected chi connectivity index (χ4v) is 1.40. The van der Waals surface area contributed by atoms with Crippen LogP contribution in [0.5, 0.6) is 0 Å². The Morgan fingerprint density at radius 3 is 2.94 bits per heavy atom. The molecule has 2 aromatic rings. The van der Waals surface area contributed by atoms with Crippen LogP contribution < -0.4 is 10.8 Å². The highest BCUT2D eigenvalue weighted by Crippen LogP contribution is 2.15. The fourth-order valence-electron chi connectivity index (χ4n) is 1.40. The SMILES string of the molecule is C#Cc1cccc(N(O)C(=N)n2cc(N)cn2)c1. The Bertz CT molecular complexity index is 625. The summed E-state index contributed by atoms with van der Waals surface area (Å²) < 4.78 is 1.15. The summed E-state index contributed by atoms with van der Waals surface area (Å²) >= 11 is 0. The number of benzene rings is 1. The number of anilines is 2. The highest BCUT2D eigenvalue weighted by Gasteiger charge is 2.12. The van der Waals surface area contributed by atoms with E-state index >= 15 is 0 Å². The molecule has 4 N–H and O–H groups in total. The molecule has 0 amide bonds. The van der Waals surface area contributed by atoms with Crippen LogP contribution in [0.1, 0.15) is 5.56 Å². The van der Waals surface area contributed by atoms with E-state index in [2.05, 4.69) is 11.0 Å². The maximum atomic E-state index is 9.91. The van der Waals surface area contributed by atoms with Crippen molar-refractivity contribution < 1.29 is 5.21 Å². The van der Waals surface area contributed by atoms with Gasteiger partial charge in [-0.3, -0.25) is 10.6 Å². The van der Waals surface area contributed by atoms with E-state index in [1.807, 2.05) is 0 Å². The molecule has 0 radical (unpaired) electrons. The molecule has 0 unspecified atom stereocenters. The fraction of sp³-hybridized carbons (Fsp3) is 0. The van der Waals surface area contributed by atoms with Gasteiger partial charge in [-0.2, -0.15) is 10.2 Å². The van der Waals surface area contributed by atoms with Gasteiger partial charge in [0, 0.05) is 5.56 Å². The summed E-state index contributed by atoms with van der Waals surface area (Å²) in [6.45, 7) is 0. The van der Waals surface area contributed by atoms with Crippen LogP contribution in [0.2, 0.25) is 0 Å². The molecule has 2 rings (SSSR count). The lowest BCUT2D eigenvalue weighted by Gasteiger charge is -2.17. The molecular formula is C12H11N5O. The van der Waals surface area contributed by atoms with E-state index in [9.17, 15) is 5.21 Å². The Labute approximate surface area is 104 Å². The first-order valence-corrected chi connectivity index (χ1v) is 5.06. The number of hydrogen-bond donors (Lipinski definition) is 3. The number of nitrogen functional groups attached to an aromatic ring is 1. The Hall–Kier alpha value is -2.78. The van der Waals surface area contributed by atoms with Crippen LogP contribution in [0.15, 0.2) is 36.7 Å². The van der Waals surface area contributed by atoms with Crippen molar-refractivity contribution in [2.45, 2.75) is 0 Å². The third-order valence-electron chi connectivity index (χ3n) is 2.28. The Kier molecular flexibility index (Phi) is 3.00. The molecule has 0 saturated carbocycles. The molecule has 0 atom stereocenters. The summed E-state index contributed by atoms with van der Waals surface area (Å²) in [5, 5.41) is 22.2. The third kappa shape index (κ3) is 2.16. The van der Waals surface area contributed by atoms with Gasteiger partial charge in [0.1, 0.15) is 0 Å². The lowest BCUT2D eigenvalue weighted by Crippen LogP contribution is -2.32. The van der Waals surface area contributed by atoms with Crippen molar-refractivity contribution in [2.75, 3.05) is 10.8 Å². The largest absolute Gasteiger partial charge is 0.396 e. The molecule has 0 aliphatic heterocycles. The van der Waals surface area contributed by atoms with Crippen molar-refractivity contribution in [1.29, 1.82) is 5.41 Å². The lowest BCUT2D eigenvalue weighted by atomic mass is 10.2. The first-order chi connectivity index (χ1) is 8.61. The third-order valence-corrected chi connectivity index (χ3v) is 2.28. The second-order valence-electron chi connectivity index (χ2n) is 3.55. The van der Waals surface area contributed by atoms with Crippen molar-refractivity contribution in [3.8, 4) is 12.3 Å². The summed E-state index contributed by atoms with van der Waals surface area (Å²) in [7, 11) is 0. The number of aromatic nitrogens is 2. The van der Waals surface area contributed by atoms with Gasteiger partial charge in [-0.15, -0.1) is 6.42 Å². The summed E-state index contributed by atoms with van der Waals surface area (Å²) in [4.78, 5) is 0. The van der Waals surface area contributed by atoms with Crippen molar-refractivity contribution in [1.82, 2.24) is 9.78 Å². The highest BCUT2D eigenvalue weighted by atomic mass is 16.5. The zero-order chi connectivity index (χ0) is 13.1. The number of hydrogen-bond acceptors (Lipinski definition) is 4. The van der Waals surface area contributed by atoms with Crippen LogP contribution in [-0.2, 0) is 0 Å². The molecule has 0 bridgehead atoms. The van der Waals surface area contributed by atoms with Crippen LogP contribution in [-0.4, -0.2) is 20.9 Å². The number of nitrogens with one attached hydrogen (secondary N) is 1. The number of nitrogens with two attached hydrogens (primary N) is 1. The number of rotatable bonds is 1. The minimum Gasteiger partial charge on any atom is -0.396 e. The number of terminal acetylenes is 1. The molecule has 0 aliphatic rings. The van der Waals surface area contributed by atoms with E-state index in [0.29, 0.717) is 22.0 Å². The maximum absolute atomic E-state index is 9.91. The van der Waals surface area contributed by atoms with E-state index in [4.69, 9.17) is 17.6 Å². The Morgan fingerprint density at radius 1 is 1.56 bits per heavy atom. The molecule has 0 saturated heterocycles. The summed E-state index contributed by atoms with van der Waals surface area (Å²) in [6.07, 6.45) is 8.09. The predicted octanol–water partition coefficient (Wildman–Crippen LogP) is 1.13. The van der Waals surface area contributed by atoms with Crippen LogP contribution in [0.25, 0.3) is 0 Å². The molecule has 0 aliphatic carbocycles. The average Bonchev–Trinajstić information content (AvgIpc) is 2.83. The quantitative estimate of drug-likeness (QED) is 0.302. The summed E-state index contributed by atoms with van der Waals surface area (Å²) in [6, 6.07) is 6.63. The predicted molar refractivity (Wildman–Crippen MR) is 68.4 cm³/mol. The second kappa shape index (κ2) is 4.61. The molecule has 1 aromatic heterocycles. The zero-order valence-corrected chi connectivity index (χ0v) is 9.41. The van der Waals surface area contributed by atoms with Gasteiger partial charge in [0.2, 0.25) is 5.96 Å². The standard InChI is InChI=1S/C12H11N5O/c1-2-9-4-3-5-11(6-9)17(18)12(14)16-8-10(13)7-15-16/h1,3-8,14,18H,13H2. The van der Waals surface area contributed by atoms with E-state index in [1.54, 1.807) is 24.3 Å². The van der Waals surface area contributed by atoms with E-state index in [1.165, 1.54) is 12.4 Å². The van der Waals surface area contributed by atoms with Gasteiger partial charge in [-0.1, -0.05) is 12.0 Å². The molecule has 1 aromatic carbocycles. The molecule has 1 heterocycles. The van der Waals surface area contributed by atoms with E-state index in [-0.39, 0.29) is 5.96 Å². The van der Waals surface area contributed by atoms with E-state index in [0.717, 1.165) is 4.68 Å². The maximum Gasteiger partial charge on any atom is 0.248 e. The smallest absolute Gasteiger partial charge is 0.248 e. The molecule has 6 nitrogen and oxygen atoms in total. The Morgan fingerprint density at radius 2 is 2.33 bits per heavy atom. The van der Waals surface area contributed by atoms with E-state index < -0.39 is 0 Å². The van der Waals surface area contributed by atoms with Gasteiger partial charge in [-0.05, 0) is 18.2 Å². The van der Waals surface area contributed by atoms with Gasteiger partial charge in [0.15, 0.2) is 0 Å². The van der Waals surface area contributed by atoms with Crippen LogP contribution in [0.4, 0.5) is 11.4 Å². The Balaban J connectivity index is 2.28. The first kappa shape index (κ1) is 11.7. The van der Waals surface area contributed by atoms with Gasteiger partial charge < -0.3 is 5.73 Å². The van der Waals surface area contributed by atoms with Crippen molar-refractivity contribution in [3.05, 3.63) is 42.2 Å². The van der Waals surface area contributed by atoms with Gasteiger partial charge in [0.05, 0.1) is 23.8 Å². The normalized spacial score (nSPS) is 9.78. The summed E-state index contributed by atoms with van der Waals surface area (Å²) in [5.41, 5.74) is 6.89. The summed E-state index contributed by atoms with van der Waals surface area (Å²) in [5.74, 6) is 2.21.